The zero-order valence-corrected chi connectivity index (χ0v) is 20.6. The van der Waals surface area contributed by atoms with E-state index in [1.54, 1.807) is 13.0 Å². The Morgan fingerprint density at radius 2 is 1.94 bits per heavy atom. The van der Waals surface area contributed by atoms with Crippen molar-refractivity contribution in [3.8, 4) is 0 Å². The van der Waals surface area contributed by atoms with Crippen molar-refractivity contribution in [2.24, 2.45) is 28.6 Å². The van der Waals surface area contributed by atoms with E-state index >= 15 is 4.39 Å². The van der Waals surface area contributed by atoms with Crippen LogP contribution in [0.2, 0.25) is 0 Å². The number of carboxylic acid groups (broad SMARTS) is 1. The third kappa shape index (κ3) is 3.08. The van der Waals surface area contributed by atoms with Crippen LogP contribution >= 0.6 is 0 Å². The number of carbonyl (C=O) groups is 3. The predicted molar refractivity (Wildman–Crippen MR) is 124 cm³/mol. The van der Waals surface area contributed by atoms with Crippen LogP contribution in [0.1, 0.15) is 72.6 Å². The third-order valence-electron chi connectivity index (χ3n) is 9.79. The first-order chi connectivity index (χ1) is 15.9. The molecule has 0 saturated heterocycles. The lowest BCUT2D eigenvalue weighted by Crippen LogP contribution is -2.70. The number of halogens is 1. The summed E-state index contributed by atoms with van der Waals surface area (Å²) in [5.74, 6) is -4.08. The van der Waals surface area contributed by atoms with Crippen molar-refractivity contribution in [3.05, 3.63) is 23.8 Å². The quantitative estimate of drug-likeness (QED) is 0.422. The van der Waals surface area contributed by atoms with Gasteiger partial charge in [0.25, 0.3) is 5.78 Å². The number of ether oxygens (including phenoxy) is 1. The van der Waals surface area contributed by atoms with Gasteiger partial charge in [0.05, 0.1) is 6.10 Å². The molecule has 8 atom stereocenters. The van der Waals surface area contributed by atoms with Gasteiger partial charge in [-0.3, -0.25) is 9.59 Å². The number of hydrogen-bond donors (Lipinski definition) is 2. The molecule has 2 unspecified atom stereocenters. The van der Waals surface area contributed by atoms with Crippen molar-refractivity contribution in [3.63, 3.8) is 0 Å². The second-order valence-electron chi connectivity index (χ2n) is 11.3. The Bertz CT molecular complexity index is 957. The summed E-state index contributed by atoms with van der Waals surface area (Å²) in [6, 6.07) is 0. The zero-order chi connectivity index (χ0) is 25.1. The van der Waals surface area contributed by atoms with Gasteiger partial charge in [0, 0.05) is 23.4 Å². The van der Waals surface area contributed by atoms with E-state index in [1.165, 1.54) is 12.2 Å². The minimum absolute atomic E-state index is 0.0769. The van der Waals surface area contributed by atoms with Crippen LogP contribution in [0.5, 0.6) is 0 Å². The number of carbonyl (C=O) groups excluding carboxylic acids is 2. The molecule has 34 heavy (non-hydrogen) atoms. The fraction of sp³-hybridized carbons (Fsp3) is 0.741. The van der Waals surface area contributed by atoms with Crippen molar-refractivity contribution in [2.75, 3.05) is 6.61 Å². The van der Waals surface area contributed by atoms with Crippen molar-refractivity contribution in [2.45, 2.75) is 90.0 Å². The molecule has 0 aromatic rings. The van der Waals surface area contributed by atoms with Gasteiger partial charge in [-0.25, -0.2) is 9.18 Å². The van der Waals surface area contributed by atoms with Crippen LogP contribution < -0.4 is 0 Å². The summed E-state index contributed by atoms with van der Waals surface area (Å²) in [6.45, 7) is 7.68. The highest BCUT2D eigenvalue weighted by Gasteiger charge is 2.77. The Morgan fingerprint density at radius 1 is 1.24 bits per heavy atom. The number of unbranched alkanes of at least 4 members (excludes halogenated alkanes) is 2. The number of aliphatic hydroxyl groups excluding tert-OH is 1. The van der Waals surface area contributed by atoms with Crippen LogP contribution in [0.4, 0.5) is 4.39 Å². The summed E-state index contributed by atoms with van der Waals surface area (Å²) in [6.07, 6.45) is 6.89. The van der Waals surface area contributed by atoms with Crippen molar-refractivity contribution >= 4 is 17.5 Å². The maximum atomic E-state index is 17.3. The van der Waals surface area contributed by atoms with E-state index < -0.39 is 51.8 Å². The average molecular weight is 477 g/mol. The molecule has 0 heterocycles. The number of alkyl halides is 1. The Kier molecular flexibility index (Phi) is 6.21. The number of ketones is 2. The van der Waals surface area contributed by atoms with Gasteiger partial charge in [-0.2, -0.15) is 0 Å². The van der Waals surface area contributed by atoms with Gasteiger partial charge in [0.1, 0.15) is 5.60 Å². The molecular weight excluding hydrogens is 439 g/mol. The molecule has 7 heteroatoms. The smallest absolute Gasteiger partial charge is 0.375 e. The second-order valence-corrected chi connectivity index (χ2v) is 11.3. The number of Topliss-reactive ketones (excluding diaryl/α,β-unsaturated/α-hetero) is 1. The number of carboxylic acids is 1. The minimum Gasteiger partial charge on any atom is -0.475 e. The number of aliphatic carboxylic acids is 1. The van der Waals surface area contributed by atoms with Gasteiger partial charge < -0.3 is 14.9 Å². The zero-order valence-electron chi connectivity index (χ0n) is 20.6. The van der Waals surface area contributed by atoms with Gasteiger partial charge >= 0.3 is 5.97 Å². The highest BCUT2D eigenvalue weighted by molar-refractivity contribution is 6.36. The molecule has 6 nitrogen and oxygen atoms in total. The molecule has 2 N–H and O–H groups in total. The molecule has 3 fully saturated rings. The summed E-state index contributed by atoms with van der Waals surface area (Å²) in [4.78, 5) is 37.3. The van der Waals surface area contributed by atoms with Crippen LogP contribution in [-0.2, 0) is 19.1 Å². The van der Waals surface area contributed by atoms with Crippen LogP contribution in [0.25, 0.3) is 0 Å². The largest absolute Gasteiger partial charge is 0.475 e. The topological polar surface area (TPSA) is 101 Å². The number of aliphatic hydroxyl groups is 1. The minimum atomic E-state index is -2.03. The first-order valence-corrected chi connectivity index (χ1v) is 12.6. The Labute approximate surface area is 200 Å². The first kappa shape index (κ1) is 25.2. The highest BCUT2D eigenvalue weighted by atomic mass is 19.1. The average Bonchev–Trinajstić information content (AvgIpc) is 2.99. The second kappa shape index (κ2) is 8.37. The SMILES string of the molecule is CCCCCO[C@]1(C(=O)C(=O)O)C(C)C[C@H]2[C@@H]3CCC4=CC(=O)C=C[C@]4(C)[C@@]3(F)C(O)C[C@@]21C. The molecule has 0 aromatic heterocycles. The van der Waals surface area contributed by atoms with Crippen LogP contribution in [0.15, 0.2) is 23.8 Å². The van der Waals surface area contributed by atoms with Crippen molar-refractivity contribution < 1.29 is 33.7 Å². The molecule has 0 amide bonds. The molecule has 0 aliphatic heterocycles. The van der Waals surface area contributed by atoms with E-state index in [0.29, 0.717) is 31.3 Å². The predicted octanol–water partition coefficient (Wildman–Crippen LogP) is 4.20. The lowest BCUT2D eigenvalue weighted by molar-refractivity contribution is -0.229. The summed E-state index contributed by atoms with van der Waals surface area (Å²) in [7, 11) is 0. The summed E-state index contributed by atoms with van der Waals surface area (Å²) in [5.41, 5.74) is -5.11. The standard InChI is InChI=1S/C27H37FO6/c1-5-6-7-12-34-27(22(31)23(32)33)16(2)13-20-19-9-8-17-14-18(29)10-11-24(17,3)26(19,28)21(30)15-25(20,27)4/h10-11,14,16,19-21,30H,5-9,12-13,15H2,1-4H3,(H,32,33)/t16?,19-,20-,21?,24-,25-,26-,27-/m0/s1. The summed E-state index contributed by atoms with van der Waals surface area (Å²) >= 11 is 0. The number of allylic oxidation sites excluding steroid dienone is 4. The van der Waals surface area contributed by atoms with Crippen LogP contribution in [-0.4, -0.2) is 51.7 Å². The molecule has 4 aliphatic rings. The number of fused-ring (bicyclic) bond motifs is 5. The molecule has 0 bridgehead atoms. The number of rotatable bonds is 7. The van der Waals surface area contributed by atoms with E-state index in [2.05, 4.69) is 0 Å². The molecule has 3 saturated carbocycles. The van der Waals surface area contributed by atoms with Crippen molar-refractivity contribution in [1.29, 1.82) is 0 Å². The normalized spacial score (nSPS) is 45.2. The monoisotopic (exact) mass is 476 g/mol. The van der Waals surface area contributed by atoms with E-state index in [-0.39, 0.29) is 24.7 Å². The summed E-state index contributed by atoms with van der Waals surface area (Å²) < 4.78 is 23.5. The maximum absolute atomic E-state index is 17.3. The number of hydrogen-bond acceptors (Lipinski definition) is 5. The van der Waals surface area contributed by atoms with E-state index in [0.717, 1.165) is 12.8 Å². The third-order valence-corrected chi connectivity index (χ3v) is 9.79. The van der Waals surface area contributed by atoms with Gasteiger partial charge in [0.2, 0.25) is 0 Å². The Balaban J connectivity index is 1.79. The molecular formula is C27H37FO6. The van der Waals surface area contributed by atoms with E-state index in [9.17, 15) is 24.6 Å². The fourth-order valence-corrected chi connectivity index (χ4v) is 8.13. The first-order valence-electron chi connectivity index (χ1n) is 12.6. The van der Waals surface area contributed by atoms with Gasteiger partial charge in [-0.05, 0) is 63.0 Å². The van der Waals surface area contributed by atoms with E-state index in [4.69, 9.17) is 4.74 Å². The van der Waals surface area contributed by atoms with Crippen LogP contribution in [0.3, 0.4) is 0 Å². The molecule has 4 rings (SSSR count). The molecule has 0 radical (unpaired) electrons. The van der Waals surface area contributed by atoms with Gasteiger partial charge in [0.15, 0.2) is 11.5 Å². The molecule has 4 aliphatic carbocycles. The lowest BCUT2D eigenvalue weighted by Gasteiger charge is -2.63. The highest BCUT2D eigenvalue weighted by Crippen LogP contribution is 2.71. The van der Waals surface area contributed by atoms with E-state index in [1.807, 2.05) is 20.8 Å². The lowest BCUT2D eigenvalue weighted by atomic mass is 9.44. The maximum Gasteiger partial charge on any atom is 0.375 e. The molecule has 188 valence electrons. The molecule has 0 spiro atoms. The Morgan fingerprint density at radius 3 is 2.59 bits per heavy atom. The Hall–Kier alpha value is -1.86. The van der Waals surface area contributed by atoms with Gasteiger partial charge in [-0.1, -0.05) is 45.3 Å². The fourth-order valence-electron chi connectivity index (χ4n) is 8.13. The molecule has 0 aromatic carbocycles. The summed E-state index contributed by atoms with van der Waals surface area (Å²) in [5, 5.41) is 21.2. The van der Waals surface area contributed by atoms with Crippen LogP contribution in [0, 0.1) is 28.6 Å². The van der Waals surface area contributed by atoms with Crippen molar-refractivity contribution in [1.82, 2.24) is 0 Å². The van der Waals surface area contributed by atoms with Gasteiger partial charge in [-0.15, -0.1) is 0 Å².